The first-order valence-corrected chi connectivity index (χ1v) is 7.42. The van der Waals surface area contributed by atoms with Gasteiger partial charge in [-0.3, -0.25) is 0 Å². The van der Waals surface area contributed by atoms with E-state index < -0.39 is 0 Å². The minimum absolute atomic E-state index is 0.916. The van der Waals surface area contributed by atoms with Crippen LogP contribution in [0.5, 0.6) is 0 Å². The SMILES string of the molecule is CCn1cc(C)nc1Nc1ccc(N2CCCC2)cc1. The third-order valence-electron chi connectivity index (χ3n) is 3.83. The molecule has 20 heavy (non-hydrogen) atoms. The second-order valence-corrected chi connectivity index (χ2v) is 5.36. The molecule has 0 spiro atoms. The van der Waals surface area contributed by atoms with Crippen LogP contribution >= 0.6 is 0 Å². The van der Waals surface area contributed by atoms with Crippen LogP contribution in [0.15, 0.2) is 30.5 Å². The lowest BCUT2D eigenvalue weighted by molar-refractivity contribution is 0.771. The molecule has 1 saturated heterocycles. The molecule has 106 valence electrons. The fraction of sp³-hybridized carbons (Fsp3) is 0.438. The molecule has 1 N–H and O–H groups in total. The fourth-order valence-corrected chi connectivity index (χ4v) is 2.75. The summed E-state index contributed by atoms with van der Waals surface area (Å²) in [6.45, 7) is 7.45. The predicted octanol–water partition coefficient (Wildman–Crippen LogP) is 3.56. The molecule has 2 heterocycles. The van der Waals surface area contributed by atoms with Gasteiger partial charge >= 0.3 is 0 Å². The van der Waals surface area contributed by atoms with Gasteiger partial charge in [0.05, 0.1) is 5.69 Å². The second kappa shape index (κ2) is 5.57. The molecule has 0 unspecified atom stereocenters. The highest BCUT2D eigenvalue weighted by Crippen LogP contribution is 2.23. The van der Waals surface area contributed by atoms with E-state index in [-0.39, 0.29) is 0 Å². The summed E-state index contributed by atoms with van der Waals surface area (Å²) in [6.07, 6.45) is 4.70. The van der Waals surface area contributed by atoms with Crippen molar-refractivity contribution in [2.45, 2.75) is 33.2 Å². The van der Waals surface area contributed by atoms with Crippen molar-refractivity contribution in [3.63, 3.8) is 0 Å². The van der Waals surface area contributed by atoms with Crippen molar-refractivity contribution >= 4 is 17.3 Å². The molecular formula is C16H22N4. The highest BCUT2D eigenvalue weighted by atomic mass is 15.2. The van der Waals surface area contributed by atoms with E-state index in [0.29, 0.717) is 0 Å². The lowest BCUT2D eigenvalue weighted by atomic mass is 10.2. The Morgan fingerprint density at radius 1 is 1.15 bits per heavy atom. The van der Waals surface area contributed by atoms with E-state index in [1.807, 2.05) is 6.92 Å². The largest absolute Gasteiger partial charge is 0.372 e. The maximum Gasteiger partial charge on any atom is 0.207 e. The highest BCUT2D eigenvalue weighted by molar-refractivity contribution is 5.59. The Morgan fingerprint density at radius 2 is 1.85 bits per heavy atom. The Hall–Kier alpha value is -1.97. The van der Waals surface area contributed by atoms with Crippen LogP contribution < -0.4 is 10.2 Å². The van der Waals surface area contributed by atoms with Gasteiger partial charge in [-0.05, 0) is 51.0 Å². The van der Waals surface area contributed by atoms with Crippen molar-refractivity contribution in [3.8, 4) is 0 Å². The Morgan fingerprint density at radius 3 is 2.50 bits per heavy atom. The van der Waals surface area contributed by atoms with Crippen LogP contribution in [0.2, 0.25) is 0 Å². The monoisotopic (exact) mass is 270 g/mol. The van der Waals surface area contributed by atoms with Gasteiger partial charge in [-0.15, -0.1) is 0 Å². The smallest absolute Gasteiger partial charge is 0.207 e. The van der Waals surface area contributed by atoms with Gasteiger partial charge in [0.15, 0.2) is 0 Å². The molecule has 1 aliphatic heterocycles. The summed E-state index contributed by atoms with van der Waals surface area (Å²) in [5.41, 5.74) is 3.46. The van der Waals surface area contributed by atoms with Crippen LogP contribution in [-0.2, 0) is 6.54 Å². The lowest BCUT2D eigenvalue weighted by Gasteiger charge is -2.18. The van der Waals surface area contributed by atoms with E-state index in [9.17, 15) is 0 Å². The average Bonchev–Trinajstić information content (AvgIpc) is 3.09. The van der Waals surface area contributed by atoms with Gasteiger partial charge in [-0.2, -0.15) is 0 Å². The zero-order valence-corrected chi connectivity index (χ0v) is 12.3. The number of hydrogen-bond donors (Lipinski definition) is 1. The number of anilines is 3. The summed E-state index contributed by atoms with van der Waals surface area (Å²) in [6, 6.07) is 8.66. The lowest BCUT2D eigenvalue weighted by Crippen LogP contribution is -2.17. The van der Waals surface area contributed by atoms with Crippen LogP contribution in [-0.4, -0.2) is 22.6 Å². The van der Waals surface area contributed by atoms with Gasteiger partial charge in [-0.25, -0.2) is 4.98 Å². The van der Waals surface area contributed by atoms with Crippen LogP contribution in [0.3, 0.4) is 0 Å². The van der Waals surface area contributed by atoms with E-state index in [1.54, 1.807) is 0 Å². The van der Waals surface area contributed by atoms with Gasteiger partial charge in [0, 0.05) is 37.2 Å². The second-order valence-electron chi connectivity index (χ2n) is 5.36. The Labute approximate surface area is 120 Å². The molecule has 0 amide bonds. The van der Waals surface area contributed by atoms with Crippen molar-refractivity contribution < 1.29 is 0 Å². The molecule has 0 saturated carbocycles. The number of rotatable bonds is 4. The molecule has 0 atom stereocenters. The fourth-order valence-electron chi connectivity index (χ4n) is 2.75. The van der Waals surface area contributed by atoms with Crippen molar-refractivity contribution in [3.05, 3.63) is 36.2 Å². The summed E-state index contributed by atoms with van der Waals surface area (Å²) in [7, 11) is 0. The van der Waals surface area contributed by atoms with Crippen LogP contribution in [0.4, 0.5) is 17.3 Å². The van der Waals surface area contributed by atoms with Gasteiger partial charge in [0.2, 0.25) is 5.95 Å². The Balaban J connectivity index is 1.74. The molecule has 0 aliphatic carbocycles. The molecule has 1 aromatic carbocycles. The summed E-state index contributed by atoms with van der Waals surface area (Å²) in [5, 5.41) is 3.40. The van der Waals surface area contributed by atoms with Crippen molar-refractivity contribution in [1.29, 1.82) is 0 Å². The maximum absolute atomic E-state index is 4.52. The summed E-state index contributed by atoms with van der Waals surface area (Å²) < 4.78 is 2.13. The van der Waals surface area contributed by atoms with Gasteiger partial charge in [0.25, 0.3) is 0 Å². The Kier molecular flexibility index (Phi) is 3.63. The first-order chi connectivity index (χ1) is 9.76. The Bertz CT molecular complexity index is 565. The number of nitrogens with zero attached hydrogens (tertiary/aromatic N) is 3. The molecule has 1 fully saturated rings. The van der Waals surface area contributed by atoms with Crippen LogP contribution in [0, 0.1) is 6.92 Å². The van der Waals surface area contributed by atoms with Crippen molar-refractivity contribution in [2.75, 3.05) is 23.3 Å². The number of hydrogen-bond acceptors (Lipinski definition) is 3. The number of aryl methyl sites for hydroxylation is 2. The minimum Gasteiger partial charge on any atom is -0.372 e. The first-order valence-electron chi connectivity index (χ1n) is 7.42. The average molecular weight is 270 g/mol. The van der Waals surface area contributed by atoms with E-state index >= 15 is 0 Å². The van der Waals surface area contributed by atoms with E-state index in [1.165, 1.54) is 31.6 Å². The summed E-state index contributed by atoms with van der Waals surface area (Å²) >= 11 is 0. The van der Waals surface area contributed by atoms with Gasteiger partial charge < -0.3 is 14.8 Å². The molecule has 3 rings (SSSR count). The molecule has 4 heteroatoms. The zero-order valence-electron chi connectivity index (χ0n) is 12.3. The van der Waals surface area contributed by atoms with Crippen molar-refractivity contribution in [2.24, 2.45) is 0 Å². The quantitative estimate of drug-likeness (QED) is 0.922. The van der Waals surface area contributed by atoms with Crippen molar-refractivity contribution in [1.82, 2.24) is 9.55 Å². The summed E-state index contributed by atoms with van der Waals surface area (Å²) in [5.74, 6) is 0.916. The highest BCUT2D eigenvalue weighted by Gasteiger charge is 2.12. The van der Waals surface area contributed by atoms with E-state index in [0.717, 1.165) is 23.9 Å². The summed E-state index contributed by atoms with van der Waals surface area (Å²) in [4.78, 5) is 6.96. The minimum atomic E-state index is 0.916. The maximum atomic E-state index is 4.52. The van der Waals surface area contributed by atoms with Crippen LogP contribution in [0.25, 0.3) is 0 Å². The number of benzene rings is 1. The third-order valence-corrected chi connectivity index (χ3v) is 3.83. The van der Waals surface area contributed by atoms with Crippen LogP contribution in [0.1, 0.15) is 25.5 Å². The number of nitrogens with one attached hydrogen (secondary N) is 1. The molecule has 0 bridgehead atoms. The zero-order chi connectivity index (χ0) is 13.9. The standard InChI is InChI=1S/C16H22N4/c1-3-19-12-13(2)17-16(19)18-14-6-8-15(9-7-14)20-10-4-5-11-20/h6-9,12H,3-5,10-11H2,1-2H3,(H,17,18). The first kappa shape index (κ1) is 13.0. The van der Waals surface area contributed by atoms with E-state index in [2.05, 4.69) is 57.2 Å². The molecule has 4 nitrogen and oxygen atoms in total. The topological polar surface area (TPSA) is 33.1 Å². The predicted molar refractivity (Wildman–Crippen MR) is 83.8 cm³/mol. The molecular weight excluding hydrogens is 248 g/mol. The molecule has 2 aromatic rings. The van der Waals surface area contributed by atoms with E-state index in [4.69, 9.17) is 0 Å². The number of aromatic nitrogens is 2. The van der Waals surface area contributed by atoms with Gasteiger partial charge in [0.1, 0.15) is 0 Å². The third kappa shape index (κ3) is 2.64. The molecule has 1 aromatic heterocycles. The molecule has 1 aliphatic rings. The molecule has 0 radical (unpaired) electrons. The number of imidazole rings is 1. The normalized spacial score (nSPS) is 14.8. The van der Waals surface area contributed by atoms with Gasteiger partial charge in [-0.1, -0.05) is 0 Å².